The molecule has 0 radical (unpaired) electrons. The van der Waals surface area contributed by atoms with E-state index in [1.807, 2.05) is 7.11 Å². The minimum Gasteiger partial charge on any atom is -0.484 e. The van der Waals surface area contributed by atoms with E-state index in [0.717, 1.165) is 43.7 Å². The highest BCUT2D eigenvalue weighted by Crippen LogP contribution is 2.76. The van der Waals surface area contributed by atoms with Crippen molar-refractivity contribution in [2.75, 3.05) is 33.0 Å². The van der Waals surface area contributed by atoms with Crippen LogP contribution in [0.5, 0.6) is 5.75 Å². The first-order chi connectivity index (χ1) is 16.1. The van der Waals surface area contributed by atoms with E-state index in [0.29, 0.717) is 25.2 Å². The summed E-state index contributed by atoms with van der Waals surface area (Å²) in [6, 6.07) is 15.3. The van der Waals surface area contributed by atoms with Gasteiger partial charge in [0, 0.05) is 35.5 Å². The Bertz CT molecular complexity index is 1110. The fourth-order valence-corrected chi connectivity index (χ4v) is 8.95. The van der Waals surface area contributed by atoms with Gasteiger partial charge in [-0.25, -0.2) is 0 Å². The fourth-order valence-electron chi connectivity index (χ4n) is 8.95. The second kappa shape index (κ2) is 6.74. The van der Waals surface area contributed by atoms with Crippen molar-refractivity contribution in [2.45, 2.75) is 61.9 Å². The van der Waals surface area contributed by atoms with E-state index in [4.69, 9.17) is 19.9 Å². The number of nitrogens with two attached hydrogens (primary N) is 1. The molecule has 6 atom stereocenters. The van der Waals surface area contributed by atoms with E-state index in [-0.39, 0.29) is 22.5 Å². The average Bonchev–Trinajstić information content (AvgIpc) is 3.21. The summed E-state index contributed by atoms with van der Waals surface area (Å²) in [4.78, 5) is 2.63. The Morgan fingerprint density at radius 2 is 1.97 bits per heavy atom. The van der Waals surface area contributed by atoms with Crippen LogP contribution in [0.15, 0.2) is 42.5 Å². The summed E-state index contributed by atoms with van der Waals surface area (Å²) in [6.07, 6.45) is 5.59. The third-order valence-electron chi connectivity index (χ3n) is 10.3. The lowest BCUT2D eigenvalue weighted by atomic mass is 9.35. The molecular formula is C28H34N2O3. The molecule has 8 rings (SSSR count). The van der Waals surface area contributed by atoms with Crippen molar-refractivity contribution in [3.05, 3.63) is 59.2 Å². The largest absolute Gasteiger partial charge is 0.484 e. The Hall–Kier alpha value is -2.08. The van der Waals surface area contributed by atoms with Crippen LogP contribution in [0.2, 0.25) is 0 Å². The SMILES string of the molecule is COC12CC[C@@]3(C[C@@H]1COCc1ccccc1)[C@H]1Cc4ccc(N)c5c4[C@@]3(CCN1C)[C@H]2O5. The van der Waals surface area contributed by atoms with Gasteiger partial charge in [0.1, 0.15) is 17.5 Å². The van der Waals surface area contributed by atoms with Gasteiger partial charge >= 0.3 is 0 Å². The van der Waals surface area contributed by atoms with Gasteiger partial charge in [0.25, 0.3) is 0 Å². The highest BCUT2D eigenvalue weighted by Gasteiger charge is 2.80. The predicted octanol–water partition coefficient (Wildman–Crippen LogP) is 3.93. The number of nitrogen functional groups attached to an aromatic ring is 1. The average molecular weight is 447 g/mol. The molecule has 4 aliphatic carbocycles. The Labute approximate surface area is 196 Å². The molecule has 3 saturated carbocycles. The molecule has 1 unspecified atom stereocenters. The van der Waals surface area contributed by atoms with E-state index in [9.17, 15) is 0 Å². The highest BCUT2D eigenvalue weighted by atomic mass is 16.6. The highest BCUT2D eigenvalue weighted by molar-refractivity contribution is 5.68. The zero-order valence-corrected chi connectivity index (χ0v) is 19.7. The lowest BCUT2D eigenvalue weighted by molar-refractivity contribution is -0.282. The van der Waals surface area contributed by atoms with E-state index < -0.39 is 0 Å². The number of hydrogen-bond donors (Lipinski definition) is 1. The van der Waals surface area contributed by atoms with Crippen LogP contribution in [0, 0.1) is 11.3 Å². The molecule has 1 saturated heterocycles. The number of benzene rings is 2. The van der Waals surface area contributed by atoms with Crippen molar-refractivity contribution in [3.63, 3.8) is 0 Å². The number of likely N-dealkylation sites (N-methyl/N-ethyl adjacent to an activating group) is 1. The Morgan fingerprint density at radius 1 is 1.12 bits per heavy atom. The molecule has 0 amide bonds. The van der Waals surface area contributed by atoms with E-state index >= 15 is 0 Å². The number of anilines is 1. The molecular weight excluding hydrogens is 412 g/mol. The summed E-state index contributed by atoms with van der Waals surface area (Å²) >= 11 is 0. The van der Waals surface area contributed by atoms with Gasteiger partial charge in [0.05, 0.1) is 18.9 Å². The number of piperidine rings is 1. The second-order valence-corrected chi connectivity index (χ2v) is 11.2. The van der Waals surface area contributed by atoms with Gasteiger partial charge in [-0.3, -0.25) is 0 Å². The first-order valence-electron chi connectivity index (χ1n) is 12.5. The van der Waals surface area contributed by atoms with Gasteiger partial charge in [0.15, 0.2) is 0 Å². The zero-order valence-electron chi connectivity index (χ0n) is 19.7. The van der Waals surface area contributed by atoms with Crippen LogP contribution in [0.1, 0.15) is 42.4 Å². The molecule has 0 aromatic heterocycles. The van der Waals surface area contributed by atoms with Crippen molar-refractivity contribution in [1.82, 2.24) is 4.90 Å². The maximum Gasteiger partial charge on any atom is 0.147 e. The summed E-state index contributed by atoms with van der Waals surface area (Å²) in [7, 11) is 4.22. The second-order valence-electron chi connectivity index (χ2n) is 11.2. The molecule has 5 heteroatoms. The van der Waals surface area contributed by atoms with Crippen LogP contribution in [0.4, 0.5) is 5.69 Å². The number of rotatable bonds is 5. The summed E-state index contributed by atoms with van der Waals surface area (Å²) in [6.45, 7) is 2.45. The van der Waals surface area contributed by atoms with Crippen LogP contribution < -0.4 is 10.5 Å². The predicted molar refractivity (Wildman–Crippen MR) is 127 cm³/mol. The standard InChI is InChI=1S/C28H34N2O3/c1-30-13-12-27-23-19-8-9-21(29)24(23)33-25(27)28(31-2)11-10-26(27,22(30)14-19)15-20(28)17-32-16-18-6-4-3-5-7-18/h3-9,20,22,25H,10-17,29H2,1-2H3/t20-,22-,25-,26-,27+,28?/m1/s1. The molecule has 2 aromatic rings. The summed E-state index contributed by atoms with van der Waals surface area (Å²) in [5, 5.41) is 0. The lowest BCUT2D eigenvalue weighted by Gasteiger charge is -2.73. The molecule has 2 aliphatic heterocycles. The van der Waals surface area contributed by atoms with Crippen LogP contribution in [0.25, 0.3) is 0 Å². The van der Waals surface area contributed by atoms with Crippen molar-refractivity contribution in [1.29, 1.82) is 0 Å². The summed E-state index contributed by atoms with van der Waals surface area (Å²) < 4.78 is 19.8. The van der Waals surface area contributed by atoms with Crippen molar-refractivity contribution < 1.29 is 14.2 Å². The monoisotopic (exact) mass is 446 g/mol. The molecule has 6 aliphatic rings. The molecule has 174 valence electrons. The van der Waals surface area contributed by atoms with Gasteiger partial charge in [-0.2, -0.15) is 0 Å². The number of methoxy groups -OCH3 is 1. The Balaban J connectivity index is 1.32. The fraction of sp³-hybridized carbons (Fsp3) is 0.571. The molecule has 2 spiro atoms. The first kappa shape index (κ1) is 20.3. The number of likely N-dealkylation sites (tertiary alicyclic amines) is 1. The van der Waals surface area contributed by atoms with Gasteiger partial charge < -0.3 is 24.8 Å². The third kappa shape index (κ3) is 2.29. The number of nitrogens with zero attached hydrogens (tertiary/aromatic N) is 1. The number of fused-ring (bicyclic) bond motifs is 2. The topological polar surface area (TPSA) is 57.0 Å². The molecule has 5 nitrogen and oxygen atoms in total. The number of ether oxygens (including phenoxy) is 3. The van der Waals surface area contributed by atoms with Crippen molar-refractivity contribution in [3.8, 4) is 5.75 Å². The van der Waals surface area contributed by atoms with Crippen molar-refractivity contribution in [2.24, 2.45) is 11.3 Å². The molecule has 33 heavy (non-hydrogen) atoms. The van der Waals surface area contributed by atoms with Crippen LogP contribution >= 0.6 is 0 Å². The summed E-state index contributed by atoms with van der Waals surface area (Å²) in [5.41, 5.74) is 11.3. The Kier molecular flexibility index (Phi) is 4.15. The molecule has 2 N–H and O–H groups in total. The molecule has 2 heterocycles. The molecule has 2 aromatic carbocycles. The van der Waals surface area contributed by atoms with Gasteiger partial charge in [-0.15, -0.1) is 0 Å². The lowest BCUT2D eigenvalue weighted by Crippen LogP contribution is -2.81. The van der Waals surface area contributed by atoms with Crippen molar-refractivity contribution >= 4 is 5.69 Å². The van der Waals surface area contributed by atoms with Gasteiger partial charge in [-0.1, -0.05) is 36.4 Å². The summed E-state index contributed by atoms with van der Waals surface area (Å²) in [5.74, 6) is 1.27. The molecule has 4 bridgehead atoms. The quantitative estimate of drug-likeness (QED) is 0.706. The minimum absolute atomic E-state index is 0.00661. The van der Waals surface area contributed by atoms with Crippen LogP contribution in [-0.2, 0) is 27.9 Å². The molecule has 4 fully saturated rings. The normalized spacial score (nSPS) is 39.9. The van der Waals surface area contributed by atoms with E-state index in [1.54, 1.807) is 0 Å². The maximum atomic E-state index is 6.94. The van der Waals surface area contributed by atoms with Gasteiger partial charge in [-0.05, 0) is 62.9 Å². The van der Waals surface area contributed by atoms with Crippen LogP contribution in [0.3, 0.4) is 0 Å². The number of hydrogen-bond acceptors (Lipinski definition) is 5. The third-order valence-corrected chi connectivity index (χ3v) is 10.3. The maximum absolute atomic E-state index is 6.94. The Morgan fingerprint density at radius 3 is 2.79 bits per heavy atom. The van der Waals surface area contributed by atoms with E-state index in [1.165, 1.54) is 23.1 Å². The smallest absolute Gasteiger partial charge is 0.147 e. The zero-order chi connectivity index (χ0) is 22.4. The van der Waals surface area contributed by atoms with Crippen LogP contribution in [-0.4, -0.2) is 50.0 Å². The first-order valence-corrected chi connectivity index (χ1v) is 12.5. The van der Waals surface area contributed by atoms with E-state index in [2.05, 4.69) is 54.4 Å². The van der Waals surface area contributed by atoms with Gasteiger partial charge in [0.2, 0.25) is 0 Å². The minimum atomic E-state index is -0.334.